The highest BCUT2D eigenvalue weighted by molar-refractivity contribution is 5.90. The lowest BCUT2D eigenvalue weighted by Crippen LogP contribution is -2.50. The third-order valence-corrected chi connectivity index (χ3v) is 4.38. The van der Waals surface area contributed by atoms with Crippen molar-refractivity contribution in [3.8, 4) is 23.0 Å². The Morgan fingerprint density at radius 2 is 2.07 bits per heavy atom. The molecule has 1 fully saturated rings. The Morgan fingerprint density at radius 1 is 1.19 bits per heavy atom. The summed E-state index contributed by atoms with van der Waals surface area (Å²) in [5, 5.41) is 6.77. The standard InChI is InChI=1S/C17H14N6O4/c24-17(20-11-1-2-13-14(5-11)26-9-25-13)23-7-10(8-23)16-21-15(22-27-16)12-6-18-3-4-19-12/h1-6,10H,7-9H2,(H,20,24). The number of hydrogen-bond donors (Lipinski definition) is 1. The molecule has 0 spiro atoms. The van der Waals surface area contributed by atoms with Crippen molar-refractivity contribution in [1.29, 1.82) is 0 Å². The first-order chi connectivity index (χ1) is 13.3. The van der Waals surface area contributed by atoms with E-state index in [0.717, 1.165) is 0 Å². The lowest BCUT2D eigenvalue weighted by molar-refractivity contribution is 0.147. The van der Waals surface area contributed by atoms with E-state index in [-0.39, 0.29) is 18.7 Å². The van der Waals surface area contributed by atoms with Gasteiger partial charge in [0.15, 0.2) is 11.5 Å². The zero-order valence-electron chi connectivity index (χ0n) is 14.0. The first-order valence-corrected chi connectivity index (χ1v) is 8.32. The van der Waals surface area contributed by atoms with E-state index in [2.05, 4.69) is 25.4 Å². The number of fused-ring (bicyclic) bond motifs is 1. The molecule has 10 nitrogen and oxygen atoms in total. The van der Waals surface area contributed by atoms with Crippen LogP contribution in [0.4, 0.5) is 10.5 Å². The summed E-state index contributed by atoms with van der Waals surface area (Å²) in [4.78, 5) is 26.5. The molecular formula is C17H14N6O4. The van der Waals surface area contributed by atoms with Gasteiger partial charge >= 0.3 is 6.03 Å². The molecule has 0 saturated carbocycles. The highest BCUT2D eigenvalue weighted by Crippen LogP contribution is 2.34. The quantitative estimate of drug-likeness (QED) is 0.747. The van der Waals surface area contributed by atoms with Gasteiger partial charge in [-0.3, -0.25) is 4.98 Å². The molecule has 0 bridgehead atoms. The Balaban J connectivity index is 1.19. The Kier molecular flexibility index (Phi) is 3.59. The topological polar surface area (TPSA) is 116 Å². The molecule has 1 saturated heterocycles. The van der Waals surface area contributed by atoms with Crippen LogP contribution in [-0.2, 0) is 0 Å². The van der Waals surface area contributed by atoms with Crippen molar-refractivity contribution in [2.45, 2.75) is 5.92 Å². The molecule has 2 aliphatic rings. The number of carbonyl (C=O) groups is 1. The molecule has 27 heavy (non-hydrogen) atoms. The van der Waals surface area contributed by atoms with Crippen LogP contribution in [0.2, 0.25) is 0 Å². The molecule has 2 aromatic heterocycles. The fourth-order valence-electron chi connectivity index (χ4n) is 2.90. The van der Waals surface area contributed by atoms with Crippen molar-refractivity contribution in [2.75, 3.05) is 25.2 Å². The molecule has 0 unspecified atom stereocenters. The summed E-state index contributed by atoms with van der Waals surface area (Å²) in [7, 11) is 0. The summed E-state index contributed by atoms with van der Waals surface area (Å²) in [5.41, 5.74) is 1.19. The van der Waals surface area contributed by atoms with Crippen LogP contribution >= 0.6 is 0 Å². The van der Waals surface area contributed by atoms with E-state index in [0.29, 0.717) is 47.7 Å². The van der Waals surface area contributed by atoms with Crippen LogP contribution in [-0.4, -0.2) is 50.9 Å². The predicted molar refractivity (Wildman–Crippen MR) is 91.2 cm³/mol. The fourth-order valence-corrected chi connectivity index (χ4v) is 2.90. The third kappa shape index (κ3) is 2.90. The number of anilines is 1. The minimum Gasteiger partial charge on any atom is -0.454 e. The summed E-state index contributed by atoms with van der Waals surface area (Å²) >= 11 is 0. The Bertz CT molecular complexity index is 986. The molecule has 0 atom stereocenters. The zero-order chi connectivity index (χ0) is 18.2. The summed E-state index contributed by atoms with van der Waals surface area (Å²) in [6.07, 6.45) is 4.71. The van der Waals surface area contributed by atoms with Gasteiger partial charge in [-0.1, -0.05) is 5.16 Å². The van der Waals surface area contributed by atoms with Gasteiger partial charge in [-0.15, -0.1) is 0 Å². The minimum absolute atomic E-state index is 0.00502. The fraction of sp³-hybridized carbons (Fsp3) is 0.235. The van der Waals surface area contributed by atoms with Crippen molar-refractivity contribution in [2.24, 2.45) is 0 Å². The largest absolute Gasteiger partial charge is 0.454 e. The van der Waals surface area contributed by atoms with Gasteiger partial charge in [0.25, 0.3) is 0 Å². The Labute approximate surface area is 153 Å². The highest BCUT2D eigenvalue weighted by Gasteiger charge is 2.36. The number of aromatic nitrogens is 4. The van der Waals surface area contributed by atoms with Crippen molar-refractivity contribution in [1.82, 2.24) is 25.0 Å². The van der Waals surface area contributed by atoms with Gasteiger partial charge in [0.1, 0.15) is 5.69 Å². The first-order valence-electron chi connectivity index (χ1n) is 8.32. The number of benzene rings is 1. The van der Waals surface area contributed by atoms with Crippen LogP contribution in [0.3, 0.4) is 0 Å². The van der Waals surface area contributed by atoms with Gasteiger partial charge in [0, 0.05) is 37.2 Å². The maximum Gasteiger partial charge on any atom is 0.321 e. The summed E-state index contributed by atoms with van der Waals surface area (Å²) in [5.74, 6) is 2.18. The normalized spacial score (nSPS) is 15.5. The minimum atomic E-state index is -0.196. The van der Waals surface area contributed by atoms with E-state index in [4.69, 9.17) is 14.0 Å². The second-order valence-corrected chi connectivity index (χ2v) is 6.15. The van der Waals surface area contributed by atoms with E-state index in [1.165, 1.54) is 0 Å². The van der Waals surface area contributed by atoms with Crippen molar-refractivity contribution in [3.05, 3.63) is 42.7 Å². The van der Waals surface area contributed by atoms with Crippen molar-refractivity contribution >= 4 is 11.7 Å². The number of amides is 2. The Morgan fingerprint density at radius 3 is 2.93 bits per heavy atom. The molecule has 1 aromatic carbocycles. The van der Waals surface area contributed by atoms with Crippen LogP contribution in [0, 0.1) is 0 Å². The summed E-state index contributed by atoms with van der Waals surface area (Å²) in [6, 6.07) is 5.08. The smallest absolute Gasteiger partial charge is 0.321 e. The predicted octanol–water partition coefficient (Wildman–Crippen LogP) is 1.89. The number of carbonyl (C=O) groups excluding carboxylic acids is 1. The second-order valence-electron chi connectivity index (χ2n) is 6.15. The van der Waals surface area contributed by atoms with Crippen LogP contribution in [0.5, 0.6) is 11.5 Å². The van der Waals surface area contributed by atoms with Crippen molar-refractivity contribution in [3.63, 3.8) is 0 Å². The van der Waals surface area contributed by atoms with E-state index >= 15 is 0 Å². The lowest BCUT2D eigenvalue weighted by atomic mass is 10.0. The molecule has 0 radical (unpaired) electrons. The third-order valence-electron chi connectivity index (χ3n) is 4.38. The molecule has 1 N–H and O–H groups in total. The number of urea groups is 1. The average Bonchev–Trinajstić information content (AvgIpc) is 3.30. The van der Waals surface area contributed by atoms with Gasteiger partial charge < -0.3 is 24.2 Å². The number of nitrogens with zero attached hydrogens (tertiary/aromatic N) is 5. The van der Waals surface area contributed by atoms with E-state index in [1.807, 2.05) is 0 Å². The number of rotatable bonds is 3. The summed E-state index contributed by atoms with van der Waals surface area (Å²) < 4.78 is 15.9. The maximum absolute atomic E-state index is 12.4. The molecule has 3 aromatic rings. The van der Waals surface area contributed by atoms with Gasteiger partial charge in [0.05, 0.1) is 12.1 Å². The zero-order valence-corrected chi connectivity index (χ0v) is 14.0. The number of likely N-dealkylation sites (tertiary alicyclic amines) is 1. The van der Waals surface area contributed by atoms with Crippen LogP contribution in [0.1, 0.15) is 11.8 Å². The van der Waals surface area contributed by atoms with Crippen LogP contribution < -0.4 is 14.8 Å². The monoisotopic (exact) mass is 366 g/mol. The van der Waals surface area contributed by atoms with Gasteiger partial charge in [-0.05, 0) is 12.1 Å². The molecule has 136 valence electrons. The SMILES string of the molecule is O=C(Nc1ccc2c(c1)OCO2)N1CC(c2nc(-c3cnccn3)no2)C1. The van der Waals surface area contributed by atoms with Crippen LogP contribution in [0.25, 0.3) is 11.5 Å². The molecular weight excluding hydrogens is 352 g/mol. The number of nitrogens with one attached hydrogen (secondary N) is 1. The van der Waals surface area contributed by atoms with Gasteiger partial charge in [-0.2, -0.15) is 4.98 Å². The van der Waals surface area contributed by atoms with E-state index < -0.39 is 0 Å². The van der Waals surface area contributed by atoms with Gasteiger partial charge in [0.2, 0.25) is 18.5 Å². The molecule has 2 amide bonds. The number of hydrogen-bond acceptors (Lipinski definition) is 8. The lowest BCUT2D eigenvalue weighted by Gasteiger charge is -2.36. The number of ether oxygens (including phenoxy) is 2. The summed E-state index contributed by atoms with van der Waals surface area (Å²) in [6.45, 7) is 1.19. The Hall–Kier alpha value is -3.69. The van der Waals surface area contributed by atoms with E-state index in [1.54, 1.807) is 41.7 Å². The van der Waals surface area contributed by atoms with Crippen LogP contribution in [0.15, 0.2) is 41.3 Å². The second kappa shape index (κ2) is 6.24. The molecule has 2 aliphatic heterocycles. The highest BCUT2D eigenvalue weighted by atomic mass is 16.7. The first kappa shape index (κ1) is 15.6. The van der Waals surface area contributed by atoms with Gasteiger partial charge in [-0.25, -0.2) is 9.78 Å². The maximum atomic E-state index is 12.4. The molecule has 5 rings (SSSR count). The molecule has 10 heteroatoms. The molecule has 4 heterocycles. The van der Waals surface area contributed by atoms with E-state index in [9.17, 15) is 4.79 Å². The molecule has 0 aliphatic carbocycles. The average molecular weight is 366 g/mol. The van der Waals surface area contributed by atoms with Crippen molar-refractivity contribution < 1.29 is 18.8 Å².